The molecule has 0 spiro atoms. The monoisotopic (exact) mass is 344 g/mol. The van der Waals surface area contributed by atoms with Crippen molar-refractivity contribution in [1.82, 2.24) is 0 Å². The molecule has 3 rings (SSSR count). The van der Waals surface area contributed by atoms with Crippen molar-refractivity contribution in [1.29, 1.82) is 0 Å². The second kappa shape index (κ2) is 5.95. The molecule has 1 aromatic carbocycles. The highest BCUT2D eigenvalue weighted by molar-refractivity contribution is 6.53. The van der Waals surface area contributed by atoms with E-state index >= 15 is 0 Å². The molecule has 1 aliphatic heterocycles. The molecule has 1 heterocycles. The average molecular weight is 344 g/mol. The molecule has 0 aromatic heterocycles. The van der Waals surface area contributed by atoms with Crippen molar-refractivity contribution in [2.75, 3.05) is 0 Å². The fourth-order valence-electron chi connectivity index (χ4n) is 3.33. The largest absolute Gasteiger partial charge is 0.525 e. The third-order valence-corrected chi connectivity index (χ3v) is 6.03. The van der Waals surface area contributed by atoms with Crippen LogP contribution in [0.15, 0.2) is 35.6 Å². The summed E-state index contributed by atoms with van der Waals surface area (Å²) < 4.78 is 26.4. The van der Waals surface area contributed by atoms with Crippen LogP contribution in [-0.4, -0.2) is 18.3 Å². The van der Waals surface area contributed by atoms with Gasteiger partial charge in [0.25, 0.3) is 0 Å². The van der Waals surface area contributed by atoms with Crippen LogP contribution in [0.4, 0.5) is 4.39 Å². The average Bonchev–Trinajstić information content (AvgIpc) is 2.65. The number of benzene rings is 1. The second-order valence-electron chi connectivity index (χ2n) is 9.52. The Morgan fingerprint density at radius 2 is 1.48 bits per heavy atom. The van der Waals surface area contributed by atoms with Gasteiger partial charge in [0.05, 0.1) is 11.2 Å². The van der Waals surface area contributed by atoms with Crippen LogP contribution in [0, 0.1) is 0 Å². The maximum Gasteiger partial charge on any atom is 0.525 e. The molecule has 1 aromatic rings. The van der Waals surface area contributed by atoms with Crippen molar-refractivity contribution >= 4 is 7.12 Å². The molecule has 2 fully saturated rings. The van der Waals surface area contributed by atoms with E-state index in [0.29, 0.717) is 5.92 Å². The molecule has 1 saturated heterocycles. The first-order valence-electron chi connectivity index (χ1n) is 9.24. The predicted octanol–water partition coefficient (Wildman–Crippen LogP) is 5.72. The first-order valence-corrected chi connectivity index (χ1v) is 9.24. The van der Waals surface area contributed by atoms with Gasteiger partial charge in [-0.3, -0.25) is 0 Å². The normalized spacial score (nSPS) is 25.0. The predicted molar refractivity (Wildman–Crippen MR) is 101 cm³/mol. The molecule has 1 saturated carbocycles. The van der Waals surface area contributed by atoms with Crippen molar-refractivity contribution in [2.45, 2.75) is 83.8 Å². The number of allylic oxidation sites excluding steroid dienone is 1. The van der Waals surface area contributed by atoms with E-state index in [1.54, 1.807) is 0 Å². The molecule has 1 aliphatic carbocycles. The van der Waals surface area contributed by atoms with Gasteiger partial charge in [-0.05, 0) is 68.6 Å². The molecule has 136 valence electrons. The molecule has 0 radical (unpaired) electrons. The minimum Gasteiger partial charge on any atom is -0.398 e. The van der Waals surface area contributed by atoms with Gasteiger partial charge >= 0.3 is 7.12 Å². The SMILES string of the molecule is CC(C)(C)c1ccc(C2CC(=C(F)B3OC(C)(C)C(C)(C)O3)C2)cc1. The quantitative estimate of drug-likeness (QED) is 0.639. The lowest BCUT2D eigenvalue weighted by Crippen LogP contribution is -2.41. The van der Waals surface area contributed by atoms with Crippen molar-refractivity contribution in [2.24, 2.45) is 0 Å². The van der Waals surface area contributed by atoms with Crippen molar-refractivity contribution < 1.29 is 13.7 Å². The van der Waals surface area contributed by atoms with Crippen LogP contribution in [0.3, 0.4) is 0 Å². The zero-order chi connectivity index (χ0) is 18.6. The van der Waals surface area contributed by atoms with E-state index in [0.717, 1.165) is 18.4 Å². The fourth-order valence-corrected chi connectivity index (χ4v) is 3.33. The molecule has 0 atom stereocenters. The summed E-state index contributed by atoms with van der Waals surface area (Å²) in [5.41, 5.74) is 2.40. The van der Waals surface area contributed by atoms with Gasteiger partial charge in [-0.1, -0.05) is 45.0 Å². The molecule has 2 aliphatic rings. The van der Waals surface area contributed by atoms with E-state index in [-0.39, 0.29) is 11.1 Å². The Labute approximate surface area is 151 Å². The molecule has 0 amide bonds. The van der Waals surface area contributed by atoms with E-state index in [4.69, 9.17) is 9.31 Å². The zero-order valence-corrected chi connectivity index (χ0v) is 16.6. The number of rotatable bonds is 2. The summed E-state index contributed by atoms with van der Waals surface area (Å²) in [4.78, 5) is 0. The molecular formula is C21H30BFO2. The highest BCUT2D eigenvalue weighted by Crippen LogP contribution is 2.46. The van der Waals surface area contributed by atoms with Crippen LogP contribution in [0.2, 0.25) is 0 Å². The van der Waals surface area contributed by atoms with E-state index in [1.165, 1.54) is 11.1 Å². The van der Waals surface area contributed by atoms with Gasteiger partial charge in [0.15, 0.2) is 0 Å². The highest BCUT2D eigenvalue weighted by Gasteiger charge is 2.54. The van der Waals surface area contributed by atoms with Crippen LogP contribution < -0.4 is 0 Å². The van der Waals surface area contributed by atoms with Crippen molar-refractivity contribution in [3.8, 4) is 0 Å². The van der Waals surface area contributed by atoms with Crippen molar-refractivity contribution in [3.05, 3.63) is 46.7 Å². The van der Waals surface area contributed by atoms with E-state index in [1.807, 2.05) is 27.7 Å². The van der Waals surface area contributed by atoms with Crippen LogP contribution in [0.1, 0.15) is 78.4 Å². The summed E-state index contributed by atoms with van der Waals surface area (Å²) in [6.45, 7) is 14.4. The standard InChI is InChI=1S/C21H30BFO2/c1-19(2,3)17-10-8-14(9-11-17)15-12-16(13-15)18(23)22-24-20(4,5)21(6,7)25-22/h8-11,15H,12-13H2,1-7H3. The van der Waals surface area contributed by atoms with Crippen LogP contribution in [0.5, 0.6) is 0 Å². The summed E-state index contributed by atoms with van der Waals surface area (Å²) in [5, 5.41) is 0. The molecule has 2 nitrogen and oxygen atoms in total. The Hall–Kier alpha value is -1.13. The third-order valence-electron chi connectivity index (χ3n) is 6.03. The first-order chi connectivity index (χ1) is 11.4. The summed E-state index contributed by atoms with van der Waals surface area (Å²) in [7, 11) is -0.857. The van der Waals surface area contributed by atoms with Crippen LogP contribution in [-0.2, 0) is 14.7 Å². The van der Waals surface area contributed by atoms with Gasteiger partial charge in [0.2, 0.25) is 0 Å². The van der Waals surface area contributed by atoms with Crippen LogP contribution >= 0.6 is 0 Å². The summed E-state index contributed by atoms with van der Waals surface area (Å²) in [5.74, 6) is 0.400. The first kappa shape index (κ1) is 18.7. The summed E-state index contributed by atoms with van der Waals surface area (Å²) in [6, 6.07) is 8.77. The van der Waals surface area contributed by atoms with E-state index < -0.39 is 18.3 Å². The Kier molecular flexibility index (Phi) is 4.44. The van der Waals surface area contributed by atoms with Gasteiger partial charge in [-0.25, -0.2) is 4.39 Å². The maximum absolute atomic E-state index is 14.8. The Balaban J connectivity index is 1.67. The second-order valence-corrected chi connectivity index (χ2v) is 9.52. The Morgan fingerprint density at radius 1 is 1.00 bits per heavy atom. The molecular weight excluding hydrogens is 314 g/mol. The number of hydrogen-bond donors (Lipinski definition) is 0. The zero-order valence-electron chi connectivity index (χ0n) is 16.6. The number of halogens is 1. The summed E-state index contributed by atoms with van der Waals surface area (Å²) >= 11 is 0. The molecule has 0 N–H and O–H groups in total. The molecule has 0 unspecified atom stereocenters. The minimum absolute atomic E-state index is 0.159. The fraction of sp³-hybridized carbons (Fsp3) is 0.619. The van der Waals surface area contributed by atoms with Gasteiger partial charge < -0.3 is 9.31 Å². The topological polar surface area (TPSA) is 18.5 Å². The van der Waals surface area contributed by atoms with Crippen molar-refractivity contribution in [3.63, 3.8) is 0 Å². The van der Waals surface area contributed by atoms with E-state index in [2.05, 4.69) is 45.0 Å². The van der Waals surface area contributed by atoms with Gasteiger partial charge in [-0.15, -0.1) is 0 Å². The number of hydrogen-bond acceptors (Lipinski definition) is 2. The Morgan fingerprint density at radius 3 is 1.92 bits per heavy atom. The van der Waals surface area contributed by atoms with Gasteiger partial charge in [0.1, 0.15) is 5.73 Å². The summed E-state index contributed by atoms with van der Waals surface area (Å²) in [6.07, 6.45) is 1.51. The highest BCUT2D eigenvalue weighted by atomic mass is 19.1. The lowest BCUT2D eigenvalue weighted by Gasteiger charge is -2.32. The third kappa shape index (κ3) is 3.43. The van der Waals surface area contributed by atoms with E-state index in [9.17, 15) is 4.39 Å². The smallest absolute Gasteiger partial charge is 0.398 e. The van der Waals surface area contributed by atoms with Gasteiger partial charge in [0, 0.05) is 0 Å². The maximum atomic E-state index is 14.8. The Bertz CT molecular complexity index is 659. The van der Waals surface area contributed by atoms with Gasteiger partial charge in [-0.2, -0.15) is 0 Å². The lowest BCUT2D eigenvalue weighted by molar-refractivity contribution is 0.00578. The van der Waals surface area contributed by atoms with Crippen LogP contribution in [0.25, 0.3) is 0 Å². The molecule has 25 heavy (non-hydrogen) atoms. The lowest BCUT2D eigenvalue weighted by atomic mass is 9.70. The molecule has 4 heteroatoms. The minimum atomic E-state index is -0.857. The molecule has 0 bridgehead atoms.